The van der Waals surface area contributed by atoms with Gasteiger partial charge in [-0.2, -0.15) is 0 Å². The summed E-state index contributed by atoms with van der Waals surface area (Å²) in [6, 6.07) is 9.82. The Balaban J connectivity index is 1.76. The molecule has 2 heterocycles. The fourth-order valence-corrected chi connectivity index (χ4v) is 4.30. The molecule has 1 aromatic rings. The first-order chi connectivity index (χ1) is 14.5. The van der Waals surface area contributed by atoms with Crippen LogP contribution in [0, 0.1) is 0 Å². The topological polar surface area (TPSA) is 82.2 Å². The number of hydrogen-bond acceptors (Lipinski definition) is 5. The molecule has 8 heteroatoms. The summed E-state index contributed by atoms with van der Waals surface area (Å²) in [6.07, 6.45) is 2.99. The first kappa shape index (κ1) is 22.1. The molecule has 0 radical (unpaired) electrons. The van der Waals surface area contributed by atoms with Crippen molar-refractivity contribution < 1.29 is 19.1 Å². The van der Waals surface area contributed by atoms with Gasteiger partial charge in [0, 0.05) is 32.4 Å². The lowest BCUT2D eigenvalue weighted by Gasteiger charge is -2.43. The monoisotopic (exact) mass is 416 g/mol. The smallest absolute Gasteiger partial charge is 0.250 e. The Bertz CT molecular complexity index is 747. The molecule has 0 bridgehead atoms. The molecule has 3 amide bonds. The van der Waals surface area contributed by atoms with Gasteiger partial charge in [0.1, 0.15) is 18.7 Å². The summed E-state index contributed by atoms with van der Waals surface area (Å²) in [7, 11) is 1.50. The lowest BCUT2D eigenvalue weighted by Crippen LogP contribution is -2.57. The number of carbonyl (C=O) groups is 3. The van der Waals surface area contributed by atoms with Crippen molar-refractivity contribution >= 4 is 23.4 Å². The number of para-hydroxylation sites is 1. The molecule has 1 N–H and O–H groups in total. The molecular weight excluding hydrogens is 384 g/mol. The van der Waals surface area contributed by atoms with Crippen molar-refractivity contribution in [1.29, 1.82) is 0 Å². The number of carbonyl (C=O) groups excluding carboxylic acids is 3. The molecule has 8 nitrogen and oxygen atoms in total. The molecule has 0 unspecified atom stereocenters. The maximum absolute atomic E-state index is 13.5. The van der Waals surface area contributed by atoms with Gasteiger partial charge in [-0.25, -0.2) is 0 Å². The quantitative estimate of drug-likeness (QED) is 0.645. The molecule has 0 atom stereocenters. The molecule has 2 saturated heterocycles. The standard InChI is InChI=1S/C22H32N4O4/c1-3-4-12-23-19(27)15-25-17-26(18-8-6-5-7-9-18)22(21(25)29)10-13-24(14-11-22)20(28)16-30-2/h5-9H,3-4,10-17H2,1-2H3,(H,23,27). The fourth-order valence-electron chi connectivity index (χ4n) is 4.30. The normalized spacial score (nSPS) is 18.2. The Hall–Kier alpha value is -2.61. The Morgan fingerprint density at radius 2 is 1.87 bits per heavy atom. The Morgan fingerprint density at radius 1 is 1.17 bits per heavy atom. The fraction of sp³-hybridized carbons (Fsp3) is 0.591. The van der Waals surface area contributed by atoms with E-state index in [9.17, 15) is 14.4 Å². The van der Waals surface area contributed by atoms with Crippen LogP contribution >= 0.6 is 0 Å². The van der Waals surface area contributed by atoms with Crippen molar-refractivity contribution in [2.75, 3.05) is 51.5 Å². The van der Waals surface area contributed by atoms with E-state index in [2.05, 4.69) is 17.1 Å². The van der Waals surface area contributed by atoms with E-state index >= 15 is 0 Å². The third kappa shape index (κ3) is 4.59. The van der Waals surface area contributed by atoms with Crippen molar-refractivity contribution in [2.45, 2.75) is 38.1 Å². The molecule has 0 aliphatic carbocycles. The molecule has 30 heavy (non-hydrogen) atoms. The number of benzene rings is 1. The molecule has 2 fully saturated rings. The summed E-state index contributed by atoms with van der Waals surface area (Å²) in [4.78, 5) is 43.6. The Kier molecular flexibility index (Phi) is 7.31. The van der Waals surface area contributed by atoms with Gasteiger partial charge in [0.05, 0.1) is 6.67 Å². The van der Waals surface area contributed by atoms with Gasteiger partial charge in [0.2, 0.25) is 11.8 Å². The highest BCUT2D eigenvalue weighted by molar-refractivity contribution is 5.96. The number of ether oxygens (including phenoxy) is 1. The molecule has 3 rings (SSSR count). The third-order valence-electron chi connectivity index (χ3n) is 5.98. The van der Waals surface area contributed by atoms with Crippen LogP contribution in [0.5, 0.6) is 0 Å². The van der Waals surface area contributed by atoms with Gasteiger partial charge in [0.25, 0.3) is 5.91 Å². The van der Waals surface area contributed by atoms with E-state index < -0.39 is 5.54 Å². The number of nitrogens with zero attached hydrogens (tertiary/aromatic N) is 3. The molecule has 0 aromatic heterocycles. The van der Waals surface area contributed by atoms with Crippen LogP contribution < -0.4 is 10.2 Å². The lowest BCUT2D eigenvalue weighted by molar-refractivity contribution is -0.141. The minimum atomic E-state index is -0.727. The molecule has 2 aliphatic rings. The zero-order chi connectivity index (χ0) is 21.6. The zero-order valence-electron chi connectivity index (χ0n) is 17.9. The number of amides is 3. The molecule has 0 saturated carbocycles. The van der Waals surface area contributed by atoms with Crippen LogP contribution in [0.4, 0.5) is 5.69 Å². The SMILES string of the molecule is CCCCNC(=O)CN1CN(c2ccccc2)C2(CCN(C(=O)COC)CC2)C1=O. The maximum Gasteiger partial charge on any atom is 0.250 e. The summed E-state index contributed by atoms with van der Waals surface area (Å²) < 4.78 is 4.97. The lowest BCUT2D eigenvalue weighted by atomic mass is 9.85. The number of hydrogen-bond donors (Lipinski definition) is 1. The van der Waals surface area contributed by atoms with Gasteiger partial charge < -0.3 is 24.8 Å². The van der Waals surface area contributed by atoms with Crippen LogP contribution in [0.2, 0.25) is 0 Å². The first-order valence-corrected chi connectivity index (χ1v) is 10.7. The van der Waals surface area contributed by atoms with Crippen molar-refractivity contribution in [3.8, 4) is 0 Å². The third-order valence-corrected chi connectivity index (χ3v) is 5.98. The summed E-state index contributed by atoms with van der Waals surface area (Å²) in [6.45, 7) is 4.16. The molecule has 1 spiro atoms. The van der Waals surface area contributed by atoms with Gasteiger partial charge in [-0.3, -0.25) is 14.4 Å². The zero-order valence-corrected chi connectivity index (χ0v) is 17.9. The predicted molar refractivity (Wildman–Crippen MR) is 114 cm³/mol. The number of methoxy groups -OCH3 is 1. The Labute approximate surface area is 178 Å². The number of nitrogens with one attached hydrogen (secondary N) is 1. The van der Waals surface area contributed by atoms with Gasteiger partial charge >= 0.3 is 0 Å². The number of rotatable bonds is 8. The second-order valence-corrected chi connectivity index (χ2v) is 7.96. The van der Waals surface area contributed by atoms with Crippen molar-refractivity contribution in [3.05, 3.63) is 30.3 Å². The summed E-state index contributed by atoms with van der Waals surface area (Å²) >= 11 is 0. The van der Waals surface area contributed by atoms with Crippen LogP contribution in [0.25, 0.3) is 0 Å². The average Bonchev–Trinajstić information content (AvgIpc) is 3.01. The van der Waals surface area contributed by atoms with Crippen molar-refractivity contribution in [2.24, 2.45) is 0 Å². The molecule has 164 valence electrons. The number of anilines is 1. The summed E-state index contributed by atoms with van der Waals surface area (Å²) in [5.74, 6) is -0.221. The highest BCUT2D eigenvalue weighted by Crippen LogP contribution is 2.39. The predicted octanol–water partition coefficient (Wildman–Crippen LogP) is 1.22. The Morgan fingerprint density at radius 3 is 2.50 bits per heavy atom. The number of unbranched alkanes of at least 4 members (excludes halogenated alkanes) is 1. The molecule has 2 aliphatic heterocycles. The maximum atomic E-state index is 13.5. The van der Waals surface area contributed by atoms with Crippen molar-refractivity contribution in [1.82, 2.24) is 15.1 Å². The van der Waals surface area contributed by atoms with Crippen molar-refractivity contribution in [3.63, 3.8) is 0 Å². The summed E-state index contributed by atoms with van der Waals surface area (Å²) in [5.41, 5.74) is 0.228. The van der Waals surface area contributed by atoms with E-state index in [4.69, 9.17) is 4.74 Å². The van der Waals surface area contributed by atoms with Crippen LogP contribution in [0.15, 0.2) is 30.3 Å². The van der Waals surface area contributed by atoms with Crippen LogP contribution in [0.3, 0.4) is 0 Å². The highest BCUT2D eigenvalue weighted by Gasteiger charge is 2.54. The van der Waals surface area contributed by atoms with Gasteiger partial charge in [0.15, 0.2) is 0 Å². The van der Waals surface area contributed by atoms with Crippen LogP contribution in [-0.2, 0) is 19.1 Å². The molecule has 1 aromatic carbocycles. The molecular formula is C22H32N4O4. The average molecular weight is 417 g/mol. The minimum Gasteiger partial charge on any atom is -0.375 e. The van der Waals surface area contributed by atoms with E-state index in [1.54, 1.807) is 9.80 Å². The second-order valence-electron chi connectivity index (χ2n) is 7.96. The van der Waals surface area contributed by atoms with E-state index in [-0.39, 0.29) is 30.9 Å². The van der Waals surface area contributed by atoms with E-state index in [0.717, 1.165) is 18.5 Å². The first-order valence-electron chi connectivity index (χ1n) is 10.7. The van der Waals surface area contributed by atoms with E-state index in [1.165, 1.54) is 7.11 Å². The van der Waals surface area contributed by atoms with Gasteiger partial charge in [-0.15, -0.1) is 0 Å². The number of likely N-dealkylation sites (tertiary alicyclic amines) is 1. The van der Waals surface area contributed by atoms with Crippen LogP contribution in [-0.4, -0.2) is 79.6 Å². The van der Waals surface area contributed by atoms with Crippen LogP contribution in [0.1, 0.15) is 32.6 Å². The van der Waals surface area contributed by atoms with E-state index in [1.807, 2.05) is 30.3 Å². The van der Waals surface area contributed by atoms with Gasteiger partial charge in [-0.05, 0) is 31.4 Å². The van der Waals surface area contributed by atoms with E-state index in [0.29, 0.717) is 39.1 Å². The second kappa shape index (κ2) is 9.93. The largest absolute Gasteiger partial charge is 0.375 e. The minimum absolute atomic E-state index is 0.0316. The summed E-state index contributed by atoms with van der Waals surface area (Å²) in [5, 5.41) is 2.89. The number of piperidine rings is 1. The highest BCUT2D eigenvalue weighted by atomic mass is 16.5. The van der Waals surface area contributed by atoms with Gasteiger partial charge in [-0.1, -0.05) is 31.5 Å².